The van der Waals surface area contributed by atoms with Gasteiger partial charge in [-0.05, 0) is 35.4 Å². The summed E-state index contributed by atoms with van der Waals surface area (Å²) >= 11 is 1.25. The van der Waals surface area contributed by atoms with Gasteiger partial charge in [0, 0.05) is 40.7 Å². The monoisotopic (exact) mass is 449 g/mol. The van der Waals surface area contributed by atoms with Gasteiger partial charge < -0.3 is 10.3 Å². The van der Waals surface area contributed by atoms with Crippen molar-refractivity contribution in [1.29, 1.82) is 0 Å². The standard InChI is InChI=1S/C24H17F2N3O2S/c1-2-20(27)16-7-8-19-22(11-16)28(13-15-9-17(25)12-18(26)10-15)14-24(19)32-23-6-4-3-5-21(23)29(30)31/h1,3-12,14,20H,13,27H2. The Labute approximate surface area is 187 Å². The van der Waals surface area contributed by atoms with E-state index in [1.165, 1.54) is 30.0 Å². The van der Waals surface area contributed by atoms with Crippen molar-refractivity contribution in [1.82, 2.24) is 4.57 Å². The molecule has 0 aliphatic heterocycles. The van der Waals surface area contributed by atoms with E-state index in [9.17, 15) is 18.9 Å². The number of fused-ring (bicyclic) bond motifs is 1. The maximum atomic E-state index is 13.7. The number of para-hydroxylation sites is 1. The van der Waals surface area contributed by atoms with Crippen molar-refractivity contribution in [3.05, 3.63) is 99.7 Å². The zero-order valence-corrected chi connectivity index (χ0v) is 17.5. The minimum absolute atomic E-state index is 0.00317. The summed E-state index contributed by atoms with van der Waals surface area (Å²) in [4.78, 5) is 12.2. The first-order chi connectivity index (χ1) is 15.4. The summed E-state index contributed by atoms with van der Waals surface area (Å²) in [5.41, 5.74) is 7.89. The molecule has 0 radical (unpaired) electrons. The Balaban J connectivity index is 1.83. The number of halogens is 2. The Hall–Kier alpha value is -3.67. The van der Waals surface area contributed by atoms with Crippen LogP contribution in [-0.2, 0) is 6.54 Å². The first-order valence-electron chi connectivity index (χ1n) is 9.56. The molecule has 0 amide bonds. The molecule has 2 N–H and O–H groups in total. The molecule has 0 saturated carbocycles. The minimum atomic E-state index is -0.666. The molecule has 1 aromatic heterocycles. The van der Waals surface area contributed by atoms with Crippen LogP contribution in [0.3, 0.4) is 0 Å². The van der Waals surface area contributed by atoms with Crippen molar-refractivity contribution in [3.8, 4) is 12.3 Å². The van der Waals surface area contributed by atoms with Crippen LogP contribution in [0.1, 0.15) is 17.2 Å². The number of nitrogens with zero attached hydrogens (tertiary/aromatic N) is 2. The lowest BCUT2D eigenvalue weighted by Crippen LogP contribution is -2.07. The maximum absolute atomic E-state index is 13.7. The molecule has 1 heterocycles. The lowest BCUT2D eigenvalue weighted by Gasteiger charge is -2.09. The van der Waals surface area contributed by atoms with E-state index in [2.05, 4.69) is 5.92 Å². The summed E-state index contributed by atoms with van der Waals surface area (Å²) in [6, 6.07) is 14.7. The van der Waals surface area contributed by atoms with E-state index < -0.39 is 22.6 Å². The first kappa shape index (κ1) is 21.6. The highest BCUT2D eigenvalue weighted by atomic mass is 32.2. The van der Waals surface area contributed by atoms with Gasteiger partial charge in [-0.3, -0.25) is 10.1 Å². The third kappa shape index (κ3) is 4.35. The van der Waals surface area contributed by atoms with Gasteiger partial charge in [-0.15, -0.1) is 6.42 Å². The van der Waals surface area contributed by atoms with Crippen LogP contribution in [0.25, 0.3) is 10.9 Å². The van der Waals surface area contributed by atoms with Gasteiger partial charge in [0.1, 0.15) is 11.6 Å². The predicted octanol–water partition coefficient (Wildman–Crippen LogP) is 5.66. The average Bonchev–Trinajstić information content (AvgIpc) is 3.09. The molecule has 160 valence electrons. The fourth-order valence-corrected chi connectivity index (χ4v) is 4.58. The smallest absolute Gasteiger partial charge is 0.283 e. The molecule has 0 fully saturated rings. The molecule has 1 unspecified atom stereocenters. The first-order valence-corrected chi connectivity index (χ1v) is 10.4. The summed E-state index contributed by atoms with van der Waals surface area (Å²) in [5.74, 6) is 1.15. The fourth-order valence-electron chi connectivity index (χ4n) is 3.49. The lowest BCUT2D eigenvalue weighted by molar-refractivity contribution is -0.387. The van der Waals surface area contributed by atoms with E-state index in [1.54, 1.807) is 24.4 Å². The Morgan fingerprint density at radius 1 is 1.09 bits per heavy atom. The van der Waals surface area contributed by atoms with Crippen LogP contribution in [-0.4, -0.2) is 9.49 Å². The second-order valence-electron chi connectivity index (χ2n) is 7.15. The van der Waals surface area contributed by atoms with Crippen molar-refractivity contribution < 1.29 is 13.7 Å². The average molecular weight is 449 g/mol. The van der Waals surface area contributed by atoms with Gasteiger partial charge in [-0.1, -0.05) is 41.9 Å². The number of nitro benzene ring substituents is 1. The van der Waals surface area contributed by atoms with E-state index in [0.29, 0.717) is 16.0 Å². The van der Waals surface area contributed by atoms with E-state index in [4.69, 9.17) is 12.2 Å². The molecule has 8 heteroatoms. The molecular formula is C24H17F2N3O2S. The lowest BCUT2D eigenvalue weighted by atomic mass is 10.1. The van der Waals surface area contributed by atoms with Crippen LogP contribution >= 0.6 is 11.8 Å². The van der Waals surface area contributed by atoms with Crippen molar-refractivity contribution in [3.63, 3.8) is 0 Å². The minimum Gasteiger partial charge on any atom is -0.342 e. The van der Waals surface area contributed by atoms with Crippen LogP contribution in [0.4, 0.5) is 14.5 Å². The van der Waals surface area contributed by atoms with Gasteiger partial charge in [0.05, 0.1) is 15.9 Å². The highest BCUT2D eigenvalue weighted by molar-refractivity contribution is 7.99. The molecule has 3 aromatic carbocycles. The maximum Gasteiger partial charge on any atom is 0.283 e. The number of hydrogen-bond acceptors (Lipinski definition) is 4. The number of rotatable bonds is 6. The number of nitrogens with two attached hydrogens (primary N) is 1. The van der Waals surface area contributed by atoms with Crippen LogP contribution in [0.5, 0.6) is 0 Å². The van der Waals surface area contributed by atoms with Crippen LogP contribution in [0.15, 0.2) is 76.7 Å². The van der Waals surface area contributed by atoms with Gasteiger partial charge >= 0.3 is 0 Å². The highest BCUT2D eigenvalue weighted by Crippen LogP contribution is 2.39. The highest BCUT2D eigenvalue weighted by Gasteiger charge is 2.18. The third-order valence-electron chi connectivity index (χ3n) is 4.97. The Kier molecular flexibility index (Phi) is 5.95. The van der Waals surface area contributed by atoms with Crippen molar-refractivity contribution in [2.75, 3.05) is 0 Å². The number of terminal acetylenes is 1. The molecule has 4 rings (SSSR count). The largest absolute Gasteiger partial charge is 0.342 e. The van der Waals surface area contributed by atoms with Crippen molar-refractivity contribution in [2.45, 2.75) is 22.4 Å². The molecule has 0 saturated heterocycles. The zero-order chi connectivity index (χ0) is 22.8. The molecule has 0 bridgehead atoms. The number of benzene rings is 3. The van der Waals surface area contributed by atoms with Gasteiger partial charge in [0.15, 0.2) is 0 Å². The second kappa shape index (κ2) is 8.83. The fraction of sp³-hybridized carbons (Fsp3) is 0.0833. The molecule has 1 atom stereocenters. The molecule has 5 nitrogen and oxygen atoms in total. The quantitative estimate of drug-likeness (QED) is 0.234. The summed E-state index contributed by atoms with van der Waals surface area (Å²) in [7, 11) is 0. The van der Waals surface area contributed by atoms with E-state index in [0.717, 1.165) is 21.9 Å². The molecule has 0 aliphatic carbocycles. The van der Waals surface area contributed by atoms with Gasteiger partial charge in [0.25, 0.3) is 5.69 Å². The van der Waals surface area contributed by atoms with E-state index in [1.807, 2.05) is 22.8 Å². The Bertz CT molecular complexity index is 1360. The summed E-state index contributed by atoms with van der Waals surface area (Å²) in [6.07, 6.45) is 7.27. The summed E-state index contributed by atoms with van der Waals surface area (Å²) in [5, 5.41) is 12.2. The van der Waals surface area contributed by atoms with Crippen LogP contribution < -0.4 is 5.73 Å². The SMILES string of the molecule is C#CC(N)c1ccc2c(Sc3ccccc3[N+](=O)[O-])cn(Cc3cc(F)cc(F)c3)c2c1. The van der Waals surface area contributed by atoms with E-state index >= 15 is 0 Å². The number of hydrogen-bond donors (Lipinski definition) is 1. The van der Waals surface area contributed by atoms with Crippen LogP contribution in [0, 0.1) is 34.1 Å². The van der Waals surface area contributed by atoms with Gasteiger partial charge in [-0.25, -0.2) is 8.78 Å². The second-order valence-corrected chi connectivity index (χ2v) is 8.23. The Morgan fingerprint density at radius 2 is 1.81 bits per heavy atom. The number of nitro groups is 1. The van der Waals surface area contributed by atoms with Gasteiger partial charge in [-0.2, -0.15) is 0 Å². The third-order valence-corrected chi connectivity index (χ3v) is 6.08. The van der Waals surface area contributed by atoms with Crippen molar-refractivity contribution in [2.24, 2.45) is 5.73 Å². The molecule has 0 aliphatic rings. The molecule has 4 aromatic rings. The summed E-state index contributed by atoms with van der Waals surface area (Å²) in [6.45, 7) is 0.192. The topological polar surface area (TPSA) is 74.1 Å². The van der Waals surface area contributed by atoms with Crippen molar-refractivity contribution >= 4 is 28.4 Å². The molecule has 32 heavy (non-hydrogen) atoms. The summed E-state index contributed by atoms with van der Waals surface area (Å²) < 4.78 is 29.3. The zero-order valence-electron chi connectivity index (χ0n) is 16.7. The molecular weight excluding hydrogens is 432 g/mol. The Morgan fingerprint density at radius 3 is 2.50 bits per heavy atom. The van der Waals surface area contributed by atoms with Gasteiger partial charge in [0.2, 0.25) is 0 Å². The van der Waals surface area contributed by atoms with E-state index in [-0.39, 0.29) is 12.2 Å². The van der Waals surface area contributed by atoms with Crippen LogP contribution in [0.2, 0.25) is 0 Å². The predicted molar refractivity (Wildman–Crippen MR) is 120 cm³/mol. The number of aromatic nitrogens is 1. The normalized spacial score (nSPS) is 11.9. The molecule has 0 spiro atoms.